The summed E-state index contributed by atoms with van der Waals surface area (Å²) in [6.07, 6.45) is 3.71. The van der Waals surface area contributed by atoms with Crippen molar-refractivity contribution in [3.8, 4) is 11.7 Å². The molecule has 0 atom stereocenters. The molecule has 0 aliphatic carbocycles. The molecule has 0 spiro atoms. The summed E-state index contributed by atoms with van der Waals surface area (Å²) in [6.45, 7) is 2.92. The Morgan fingerprint density at radius 3 is 2.69 bits per heavy atom. The van der Waals surface area contributed by atoms with E-state index < -0.39 is 10.0 Å². The number of nitrogens with zero attached hydrogens (tertiary/aromatic N) is 3. The molecule has 1 fully saturated rings. The molecule has 138 valence electrons. The Bertz CT molecular complexity index is 968. The number of thiophene rings is 1. The van der Waals surface area contributed by atoms with E-state index in [1.165, 1.54) is 11.3 Å². The van der Waals surface area contributed by atoms with Gasteiger partial charge in [0, 0.05) is 23.9 Å². The Labute approximate surface area is 155 Å². The van der Waals surface area contributed by atoms with Crippen LogP contribution in [0.15, 0.2) is 43.6 Å². The van der Waals surface area contributed by atoms with Crippen molar-refractivity contribution in [3.63, 3.8) is 0 Å². The predicted octanol–water partition coefficient (Wildman–Crippen LogP) is 3.52. The van der Waals surface area contributed by atoms with Gasteiger partial charge in [-0.05, 0) is 43.5 Å². The molecule has 3 aromatic rings. The second-order valence-corrected chi connectivity index (χ2v) is 9.51. The Hall–Kier alpha value is -1.97. The number of aromatic nitrogens is 2. The minimum Gasteiger partial charge on any atom is -0.459 e. The van der Waals surface area contributed by atoms with E-state index in [0.29, 0.717) is 47.7 Å². The molecule has 0 amide bonds. The number of aryl methyl sites for hydroxylation is 1. The standard InChI is InChI=1S/C17H19N3O4S2/c1-2-13-5-6-15(25-13)26(21,22)20-9-7-12(8-10-20)16-18-19-17(24-16)14-4-3-11-23-14/h3-6,11-12H,2,7-10H2,1H3. The van der Waals surface area contributed by atoms with Crippen molar-refractivity contribution in [1.82, 2.24) is 14.5 Å². The van der Waals surface area contributed by atoms with Crippen LogP contribution in [0.5, 0.6) is 0 Å². The summed E-state index contributed by atoms with van der Waals surface area (Å²) in [5.41, 5.74) is 0. The first-order valence-corrected chi connectivity index (χ1v) is 10.8. The maximum Gasteiger partial charge on any atom is 0.283 e. The quantitative estimate of drug-likeness (QED) is 0.659. The van der Waals surface area contributed by atoms with Crippen molar-refractivity contribution < 1.29 is 17.3 Å². The lowest BCUT2D eigenvalue weighted by Crippen LogP contribution is -2.37. The zero-order chi connectivity index (χ0) is 18.1. The average molecular weight is 393 g/mol. The van der Waals surface area contributed by atoms with E-state index in [2.05, 4.69) is 10.2 Å². The van der Waals surface area contributed by atoms with Gasteiger partial charge in [-0.25, -0.2) is 8.42 Å². The highest BCUT2D eigenvalue weighted by atomic mass is 32.2. The van der Waals surface area contributed by atoms with Crippen LogP contribution in [0.4, 0.5) is 0 Å². The van der Waals surface area contributed by atoms with Crippen molar-refractivity contribution in [1.29, 1.82) is 0 Å². The van der Waals surface area contributed by atoms with Crippen LogP contribution in [-0.2, 0) is 16.4 Å². The second kappa shape index (κ2) is 6.98. The molecule has 1 aliphatic rings. The molecule has 0 saturated carbocycles. The van der Waals surface area contributed by atoms with Gasteiger partial charge in [0.15, 0.2) is 5.76 Å². The molecule has 7 nitrogen and oxygen atoms in total. The predicted molar refractivity (Wildman–Crippen MR) is 96.4 cm³/mol. The first-order valence-electron chi connectivity index (χ1n) is 8.54. The van der Waals surface area contributed by atoms with Gasteiger partial charge in [-0.15, -0.1) is 21.5 Å². The van der Waals surface area contributed by atoms with E-state index in [1.807, 2.05) is 13.0 Å². The molecule has 4 heterocycles. The first-order chi connectivity index (χ1) is 12.6. The minimum atomic E-state index is -3.42. The van der Waals surface area contributed by atoms with Gasteiger partial charge in [-0.3, -0.25) is 0 Å². The third-order valence-electron chi connectivity index (χ3n) is 4.56. The van der Waals surface area contributed by atoms with E-state index in [4.69, 9.17) is 8.83 Å². The van der Waals surface area contributed by atoms with Crippen LogP contribution < -0.4 is 0 Å². The van der Waals surface area contributed by atoms with Gasteiger partial charge in [0.1, 0.15) is 4.21 Å². The van der Waals surface area contributed by atoms with E-state index in [1.54, 1.807) is 28.8 Å². The molecular formula is C17H19N3O4S2. The Balaban J connectivity index is 1.44. The van der Waals surface area contributed by atoms with Gasteiger partial charge < -0.3 is 8.83 Å². The van der Waals surface area contributed by atoms with Crippen LogP contribution in [0.1, 0.15) is 36.5 Å². The highest BCUT2D eigenvalue weighted by Gasteiger charge is 2.33. The first kappa shape index (κ1) is 17.4. The van der Waals surface area contributed by atoms with Crippen LogP contribution in [-0.4, -0.2) is 36.0 Å². The number of furan rings is 1. The van der Waals surface area contributed by atoms with Gasteiger partial charge >= 0.3 is 0 Å². The summed E-state index contributed by atoms with van der Waals surface area (Å²) in [4.78, 5) is 1.08. The van der Waals surface area contributed by atoms with Crippen molar-refractivity contribution in [2.75, 3.05) is 13.1 Å². The Morgan fingerprint density at radius 2 is 2.04 bits per heavy atom. The summed E-state index contributed by atoms with van der Waals surface area (Å²) in [5, 5.41) is 8.13. The van der Waals surface area contributed by atoms with E-state index in [9.17, 15) is 8.42 Å². The highest BCUT2D eigenvalue weighted by Crippen LogP contribution is 2.33. The number of sulfonamides is 1. The molecule has 0 unspecified atom stereocenters. The summed E-state index contributed by atoms with van der Waals surface area (Å²) >= 11 is 1.35. The van der Waals surface area contributed by atoms with Crippen molar-refractivity contribution in [2.45, 2.75) is 36.3 Å². The Morgan fingerprint density at radius 1 is 1.23 bits per heavy atom. The van der Waals surface area contributed by atoms with Crippen LogP contribution >= 0.6 is 11.3 Å². The maximum atomic E-state index is 12.8. The average Bonchev–Trinajstić information content (AvgIpc) is 3.42. The molecule has 0 bridgehead atoms. The molecular weight excluding hydrogens is 374 g/mol. The molecule has 26 heavy (non-hydrogen) atoms. The maximum absolute atomic E-state index is 12.8. The lowest BCUT2D eigenvalue weighted by molar-refractivity contribution is 0.291. The van der Waals surface area contributed by atoms with Crippen LogP contribution in [0.2, 0.25) is 0 Å². The monoisotopic (exact) mass is 393 g/mol. The third-order valence-corrected chi connectivity index (χ3v) is 8.15. The molecule has 9 heteroatoms. The van der Waals surface area contributed by atoms with Gasteiger partial charge in [-0.2, -0.15) is 4.31 Å². The summed E-state index contributed by atoms with van der Waals surface area (Å²) < 4.78 is 38.5. The topological polar surface area (TPSA) is 89.4 Å². The lowest BCUT2D eigenvalue weighted by atomic mass is 9.98. The van der Waals surface area contributed by atoms with Crippen molar-refractivity contribution in [3.05, 3.63) is 41.3 Å². The number of rotatable bonds is 5. The van der Waals surface area contributed by atoms with Gasteiger partial charge in [0.05, 0.1) is 6.26 Å². The van der Waals surface area contributed by atoms with Crippen molar-refractivity contribution in [2.24, 2.45) is 0 Å². The molecule has 0 N–H and O–H groups in total. The van der Waals surface area contributed by atoms with Crippen LogP contribution in [0.25, 0.3) is 11.7 Å². The lowest BCUT2D eigenvalue weighted by Gasteiger charge is -2.29. The molecule has 3 aromatic heterocycles. The second-order valence-electron chi connectivity index (χ2n) is 6.18. The smallest absolute Gasteiger partial charge is 0.283 e. The minimum absolute atomic E-state index is 0.0622. The largest absolute Gasteiger partial charge is 0.459 e. The van der Waals surface area contributed by atoms with Crippen LogP contribution in [0.3, 0.4) is 0 Å². The summed E-state index contributed by atoms with van der Waals surface area (Å²) in [6, 6.07) is 7.12. The van der Waals surface area contributed by atoms with E-state index in [-0.39, 0.29) is 5.92 Å². The molecule has 0 radical (unpaired) electrons. The van der Waals surface area contributed by atoms with Gasteiger partial charge in [0.2, 0.25) is 5.89 Å². The Kier molecular flexibility index (Phi) is 4.68. The fourth-order valence-electron chi connectivity index (χ4n) is 3.06. The number of piperidine rings is 1. The molecule has 1 aliphatic heterocycles. The van der Waals surface area contributed by atoms with Crippen LogP contribution in [0, 0.1) is 0 Å². The van der Waals surface area contributed by atoms with E-state index >= 15 is 0 Å². The summed E-state index contributed by atoms with van der Waals surface area (Å²) in [5.74, 6) is 1.49. The summed E-state index contributed by atoms with van der Waals surface area (Å²) in [7, 11) is -3.42. The fraction of sp³-hybridized carbons (Fsp3) is 0.412. The SMILES string of the molecule is CCc1ccc(S(=O)(=O)N2CCC(c3nnc(-c4ccco4)o3)CC2)s1. The zero-order valence-corrected chi connectivity index (χ0v) is 15.9. The van der Waals surface area contributed by atoms with Crippen molar-refractivity contribution >= 4 is 21.4 Å². The van der Waals surface area contributed by atoms with Gasteiger partial charge in [0.25, 0.3) is 15.9 Å². The molecule has 1 saturated heterocycles. The zero-order valence-electron chi connectivity index (χ0n) is 14.3. The van der Waals surface area contributed by atoms with Gasteiger partial charge in [-0.1, -0.05) is 6.92 Å². The normalized spacial score (nSPS) is 17.0. The molecule has 4 rings (SSSR count). The fourth-order valence-corrected chi connectivity index (χ4v) is 5.98. The number of hydrogen-bond donors (Lipinski definition) is 0. The van der Waals surface area contributed by atoms with E-state index in [0.717, 1.165) is 11.3 Å². The molecule has 0 aromatic carbocycles. The number of hydrogen-bond acceptors (Lipinski definition) is 7. The third kappa shape index (κ3) is 3.22. The highest BCUT2D eigenvalue weighted by molar-refractivity contribution is 7.91.